The maximum absolute atomic E-state index is 12.6. The molecule has 0 bridgehead atoms. The van der Waals surface area contributed by atoms with Crippen LogP contribution in [0.15, 0.2) is 22.7 Å². The Morgan fingerprint density at radius 1 is 1.33 bits per heavy atom. The molecule has 18 heavy (non-hydrogen) atoms. The van der Waals surface area contributed by atoms with Crippen molar-refractivity contribution in [1.82, 2.24) is 4.90 Å². The molecule has 2 nitrogen and oxygen atoms in total. The number of rotatable bonds is 1. The lowest BCUT2D eigenvalue weighted by Crippen LogP contribution is -2.47. The minimum absolute atomic E-state index is 0.0956. The fourth-order valence-electron chi connectivity index (χ4n) is 2.62. The molecule has 0 aromatic heterocycles. The molecule has 1 aromatic rings. The highest BCUT2D eigenvalue weighted by atomic mass is 79.9. The number of hydrogen-bond acceptors (Lipinski definition) is 1. The van der Waals surface area contributed by atoms with Gasteiger partial charge in [0.25, 0.3) is 5.91 Å². The first-order chi connectivity index (χ1) is 8.50. The van der Waals surface area contributed by atoms with Gasteiger partial charge in [-0.25, -0.2) is 0 Å². The zero-order chi connectivity index (χ0) is 13.3. The highest BCUT2D eigenvalue weighted by Crippen LogP contribution is 2.28. The molecule has 1 aliphatic heterocycles. The summed E-state index contributed by atoms with van der Waals surface area (Å²) in [7, 11) is 0. The molecule has 0 N–H and O–H groups in total. The summed E-state index contributed by atoms with van der Waals surface area (Å²) >= 11 is 9.33. The summed E-state index contributed by atoms with van der Waals surface area (Å²) in [5.74, 6) is 0.0956. The number of piperidine rings is 1. The average Bonchev–Trinajstić information content (AvgIpc) is 2.28. The third kappa shape index (κ3) is 2.72. The summed E-state index contributed by atoms with van der Waals surface area (Å²) in [6, 6.07) is 5.95. The second-order valence-electron chi connectivity index (χ2n) is 4.97. The number of hydrogen-bond donors (Lipinski definition) is 0. The Hall–Kier alpha value is -0.540. The molecule has 0 aliphatic carbocycles. The van der Waals surface area contributed by atoms with E-state index in [0.29, 0.717) is 22.7 Å². The van der Waals surface area contributed by atoms with Crippen molar-refractivity contribution in [3.8, 4) is 0 Å². The maximum Gasteiger partial charge on any atom is 0.255 e. The molecule has 2 rings (SSSR count). The predicted molar refractivity (Wildman–Crippen MR) is 78.1 cm³/mol. The molecule has 1 fully saturated rings. The smallest absolute Gasteiger partial charge is 0.255 e. The van der Waals surface area contributed by atoms with E-state index in [-0.39, 0.29) is 5.91 Å². The van der Waals surface area contributed by atoms with E-state index < -0.39 is 0 Å². The fraction of sp³-hybridized carbons (Fsp3) is 0.500. The van der Waals surface area contributed by atoms with E-state index in [1.165, 1.54) is 6.42 Å². The number of nitrogens with zero attached hydrogens (tertiary/aromatic N) is 1. The number of benzene rings is 1. The molecule has 1 amide bonds. The second-order valence-corrected chi connectivity index (χ2v) is 6.26. The highest BCUT2D eigenvalue weighted by molar-refractivity contribution is 9.10. The first-order valence-electron chi connectivity index (χ1n) is 6.28. The molecule has 2 unspecified atom stereocenters. The number of carbonyl (C=O) groups is 1. The zero-order valence-electron chi connectivity index (χ0n) is 10.6. The van der Waals surface area contributed by atoms with Crippen LogP contribution in [0.2, 0.25) is 5.02 Å². The Labute approximate surface area is 121 Å². The van der Waals surface area contributed by atoms with E-state index in [4.69, 9.17) is 11.6 Å². The first kappa shape index (κ1) is 13.9. The Kier molecular flexibility index (Phi) is 4.33. The minimum atomic E-state index is 0.0956. The number of amides is 1. The fourth-order valence-corrected chi connectivity index (χ4v) is 3.48. The van der Waals surface area contributed by atoms with E-state index in [1.807, 2.05) is 4.90 Å². The Balaban J connectivity index is 2.29. The lowest BCUT2D eigenvalue weighted by Gasteiger charge is -2.39. The van der Waals surface area contributed by atoms with Crippen LogP contribution >= 0.6 is 27.5 Å². The van der Waals surface area contributed by atoms with Gasteiger partial charge in [-0.3, -0.25) is 4.79 Å². The molecular formula is C14H17BrClNO. The van der Waals surface area contributed by atoms with Gasteiger partial charge in [0.05, 0.1) is 5.56 Å². The molecule has 0 saturated carbocycles. The summed E-state index contributed by atoms with van der Waals surface area (Å²) in [6.07, 6.45) is 3.37. The summed E-state index contributed by atoms with van der Waals surface area (Å²) in [4.78, 5) is 14.6. The van der Waals surface area contributed by atoms with E-state index in [9.17, 15) is 4.79 Å². The zero-order valence-corrected chi connectivity index (χ0v) is 13.0. The van der Waals surface area contributed by atoms with Crippen LogP contribution in [0.5, 0.6) is 0 Å². The standard InChI is InChI=1S/C14H17BrClNO/c1-9-4-3-5-10(2)17(9)14(18)12-7-6-11(16)8-13(12)15/h6-10H,3-5H2,1-2H3. The van der Waals surface area contributed by atoms with Gasteiger partial charge in [0.15, 0.2) is 0 Å². The lowest BCUT2D eigenvalue weighted by atomic mass is 9.96. The van der Waals surface area contributed by atoms with Crippen molar-refractivity contribution in [2.75, 3.05) is 0 Å². The molecule has 0 spiro atoms. The Morgan fingerprint density at radius 3 is 2.50 bits per heavy atom. The van der Waals surface area contributed by atoms with Crippen LogP contribution in [-0.2, 0) is 0 Å². The third-order valence-electron chi connectivity index (χ3n) is 3.59. The van der Waals surface area contributed by atoms with Gasteiger partial charge >= 0.3 is 0 Å². The van der Waals surface area contributed by atoms with Gasteiger partial charge in [-0.1, -0.05) is 11.6 Å². The average molecular weight is 331 g/mol. The summed E-state index contributed by atoms with van der Waals surface area (Å²) in [5.41, 5.74) is 0.694. The van der Waals surface area contributed by atoms with Crippen molar-refractivity contribution < 1.29 is 4.79 Å². The Bertz CT molecular complexity index is 453. The third-order valence-corrected chi connectivity index (χ3v) is 4.48. The van der Waals surface area contributed by atoms with E-state index in [2.05, 4.69) is 29.8 Å². The second kappa shape index (κ2) is 5.62. The summed E-state index contributed by atoms with van der Waals surface area (Å²) < 4.78 is 0.768. The summed E-state index contributed by atoms with van der Waals surface area (Å²) in [5, 5.41) is 0.637. The maximum atomic E-state index is 12.6. The topological polar surface area (TPSA) is 20.3 Å². The molecule has 1 aromatic carbocycles. The molecule has 1 saturated heterocycles. The van der Waals surface area contributed by atoms with Crippen LogP contribution in [0.25, 0.3) is 0 Å². The van der Waals surface area contributed by atoms with E-state index in [1.54, 1.807) is 18.2 Å². The molecule has 1 heterocycles. The van der Waals surface area contributed by atoms with Crippen molar-refractivity contribution in [1.29, 1.82) is 0 Å². The van der Waals surface area contributed by atoms with Gasteiger partial charge in [-0.15, -0.1) is 0 Å². The van der Waals surface area contributed by atoms with Gasteiger partial charge in [-0.05, 0) is 67.2 Å². The van der Waals surface area contributed by atoms with Gasteiger partial charge < -0.3 is 4.90 Å². The first-order valence-corrected chi connectivity index (χ1v) is 7.45. The van der Waals surface area contributed by atoms with E-state index >= 15 is 0 Å². The van der Waals surface area contributed by atoms with Gasteiger partial charge in [0.2, 0.25) is 0 Å². The van der Waals surface area contributed by atoms with Crippen molar-refractivity contribution in [2.24, 2.45) is 0 Å². The van der Waals surface area contributed by atoms with Gasteiger partial charge in [-0.2, -0.15) is 0 Å². The van der Waals surface area contributed by atoms with Crippen LogP contribution in [0.1, 0.15) is 43.5 Å². The van der Waals surface area contributed by atoms with Crippen molar-refractivity contribution in [3.05, 3.63) is 33.3 Å². The minimum Gasteiger partial charge on any atom is -0.333 e. The lowest BCUT2D eigenvalue weighted by molar-refractivity contribution is 0.0510. The SMILES string of the molecule is CC1CCCC(C)N1C(=O)c1ccc(Cl)cc1Br. The van der Waals surface area contributed by atoms with Crippen LogP contribution in [0.3, 0.4) is 0 Å². The van der Waals surface area contributed by atoms with Gasteiger partial charge in [0.1, 0.15) is 0 Å². The van der Waals surface area contributed by atoms with Crippen LogP contribution < -0.4 is 0 Å². The number of carbonyl (C=O) groups excluding carboxylic acids is 1. The number of halogens is 2. The molecular weight excluding hydrogens is 314 g/mol. The monoisotopic (exact) mass is 329 g/mol. The molecule has 98 valence electrons. The van der Waals surface area contributed by atoms with Crippen LogP contribution in [0.4, 0.5) is 0 Å². The van der Waals surface area contributed by atoms with Gasteiger partial charge in [0, 0.05) is 21.6 Å². The largest absolute Gasteiger partial charge is 0.333 e. The predicted octanol–water partition coefficient (Wildman–Crippen LogP) is 4.51. The van der Waals surface area contributed by atoms with Crippen molar-refractivity contribution in [2.45, 2.75) is 45.2 Å². The molecule has 0 radical (unpaired) electrons. The van der Waals surface area contributed by atoms with E-state index in [0.717, 1.165) is 17.3 Å². The van der Waals surface area contributed by atoms with Crippen molar-refractivity contribution >= 4 is 33.4 Å². The number of likely N-dealkylation sites (tertiary alicyclic amines) is 1. The normalized spacial score (nSPS) is 24.1. The quantitative estimate of drug-likeness (QED) is 0.742. The van der Waals surface area contributed by atoms with Crippen LogP contribution in [0, 0.1) is 0 Å². The van der Waals surface area contributed by atoms with Crippen molar-refractivity contribution in [3.63, 3.8) is 0 Å². The molecule has 4 heteroatoms. The molecule has 2 atom stereocenters. The van der Waals surface area contributed by atoms with Crippen LogP contribution in [-0.4, -0.2) is 22.9 Å². The molecule has 1 aliphatic rings. The highest BCUT2D eigenvalue weighted by Gasteiger charge is 2.30. The summed E-state index contributed by atoms with van der Waals surface area (Å²) in [6.45, 7) is 4.24. The Morgan fingerprint density at radius 2 is 1.94 bits per heavy atom.